The molecule has 1 aromatic carbocycles. The maximum Gasteiger partial charge on any atom is 0.408 e. The summed E-state index contributed by atoms with van der Waals surface area (Å²) >= 11 is 0. The lowest BCUT2D eigenvalue weighted by Gasteiger charge is -2.27. The zero-order valence-corrected chi connectivity index (χ0v) is 25.6. The van der Waals surface area contributed by atoms with Crippen molar-refractivity contribution in [2.45, 2.75) is 65.1 Å². The number of nitrogens with one attached hydrogen (secondary N) is 6. The highest BCUT2D eigenvalue weighted by molar-refractivity contribution is 6.00. The van der Waals surface area contributed by atoms with E-state index in [0.717, 1.165) is 0 Å². The molecule has 2 atom stereocenters. The Balaban J connectivity index is 3.03. The number of anilines is 2. The van der Waals surface area contributed by atoms with E-state index in [-0.39, 0.29) is 43.3 Å². The smallest absolute Gasteiger partial charge is 0.408 e. The van der Waals surface area contributed by atoms with Crippen molar-refractivity contribution >= 4 is 47.3 Å². The Morgan fingerprint density at radius 2 is 1.68 bits per heavy atom. The van der Waals surface area contributed by atoms with E-state index in [9.17, 15) is 28.8 Å². The highest BCUT2D eigenvalue weighted by atomic mass is 16.6. The minimum absolute atomic E-state index is 0.105. The largest absolute Gasteiger partial charge is 0.444 e. The van der Waals surface area contributed by atoms with Gasteiger partial charge in [-0.25, -0.2) is 14.4 Å². The van der Waals surface area contributed by atoms with E-state index in [4.69, 9.17) is 16.9 Å². The van der Waals surface area contributed by atoms with Crippen LogP contribution in [0.1, 0.15) is 53.0 Å². The van der Waals surface area contributed by atoms with Crippen LogP contribution in [-0.2, 0) is 23.9 Å². The Bertz CT molecular complexity index is 1240. The number of carbonyl (C=O) groups is 6. The summed E-state index contributed by atoms with van der Waals surface area (Å²) in [5.74, 6) is -0.0565. The predicted molar refractivity (Wildman–Crippen MR) is 163 cm³/mol. The van der Waals surface area contributed by atoms with E-state index < -0.39 is 60.2 Å². The SMILES string of the molecule is C#CCOC(=O)NCC(=O)Nc1cc(NC(=O)[C@H](CCCNC(N)=O)NC(=O)[C@@H](NC(=O)OC(C)(C)C)C(C)C)ccc1[CH2]. The number of nitrogens with two attached hydrogens (primary N) is 1. The number of alkyl carbamates (subject to hydrolysis) is 2. The van der Waals surface area contributed by atoms with Gasteiger partial charge in [-0.2, -0.15) is 0 Å². The lowest BCUT2D eigenvalue weighted by atomic mass is 10.0. The first kappa shape index (κ1) is 37.0. The number of amides is 7. The average Bonchev–Trinajstić information content (AvgIpc) is 2.91. The molecule has 0 spiro atoms. The Labute approximate surface area is 257 Å². The van der Waals surface area contributed by atoms with E-state index in [1.165, 1.54) is 6.07 Å². The van der Waals surface area contributed by atoms with Gasteiger partial charge in [-0.15, -0.1) is 6.42 Å². The van der Waals surface area contributed by atoms with Crippen molar-refractivity contribution in [3.8, 4) is 12.3 Å². The minimum atomic E-state index is -1.09. The van der Waals surface area contributed by atoms with Gasteiger partial charge in [0.25, 0.3) is 0 Å². The molecule has 0 saturated carbocycles. The fraction of sp³-hybridized carbons (Fsp3) is 0.483. The zero-order valence-electron chi connectivity index (χ0n) is 25.6. The molecule has 241 valence electrons. The van der Waals surface area contributed by atoms with E-state index >= 15 is 0 Å². The minimum Gasteiger partial charge on any atom is -0.444 e. The lowest BCUT2D eigenvalue weighted by molar-refractivity contribution is -0.128. The van der Waals surface area contributed by atoms with Gasteiger partial charge in [0.15, 0.2) is 6.61 Å². The molecule has 0 fully saturated rings. The Morgan fingerprint density at radius 1 is 1.00 bits per heavy atom. The Hall–Kier alpha value is -5.00. The molecule has 0 aromatic heterocycles. The molecule has 1 rings (SSSR count). The van der Waals surface area contributed by atoms with Gasteiger partial charge in [0.05, 0.1) is 0 Å². The summed E-state index contributed by atoms with van der Waals surface area (Å²) in [6.45, 7) is 11.8. The molecule has 1 aromatic rings. The summed E-state index contributed by atoms with van der Waals surface area (Å²) < 4.78 is 9.89. The first-order valence-corrected chi connectivity index (χ1v) is 13.8. The second-order valence-corrected chi connectivity index (χ2v) is 10.9. The second kappa shape index (κ2) is 17.8. The van der Waals surface area contributed by atoms with Crippen LogP contribution in [0.2, 0.25) is 0 Å². The third kappa shape index (κ3) is 14.8. The molecule has 7 amide bonds. The zero-order chi connectivity index (χ0) is 33.4. The van der Waals surface area contributed by atoms with E-state index in [0.29, 0.717) is 5.56 Å². The molecule has 0 aliphatic heterocycles. The number of primary amides is 1. The average molecular weight is 617 g/mol. The van der Waals surface area contributed by atoms with Gasteiger partial charge in [0, 0.05) is 17.9 Å². The third-order valence-corrected chi connectivity index (χ3v) is 5.55. The number of hydrogen-bond acceptors (Lipinski definition) is 8. The second-order valence-electron chi connectivity index (χ2n) is 10.9. The van der Waals surface area contributed by atoms with Crippen LogP contribution in [0.15, 0.2) is 18.2 Å². The number of ether oxygens (including phenoxy) is 2. The monoisotopic (exact) mass is 616 g/mol. The van der Waals surface area contributed by atoms with Crippen molar-refractivity contribution in [1.82, 2.24) is 21.3 Å². The molecule has 8 N–H and O–H groups in total. The van der Waals surface area contributed by atoms with E-state index in [2.05, 4.69) is 49.5 Å². The summed E-state index contributed by atoms with van der Waals surface area (Å²) in [5.41, 5.74) is 5.25. The number of terminal acetylenes is 1. The van der Waals surface area contributed by atoms with Crippen molar-refractivity contribution in [3.05, 3.63) is 30.7 Å². The topological polar surface area (TPSA) is 219 Å². The summed E-state index contributed by atoms with van der Waals surface area (Å²) in [4.78, 5) is 73.8. The van der Waals surface area contributed by atoms with Gasteiger partial charge in [0.2, 0.25) is 17.7 Å². The summed E-state index contributed by atoms with van der Waals surface area (Å²) in [7, 11) is 0. The van der Waals surface area contributed by atoms with Crippen LogP contribution in [0.4, 0.5) is 25.8 Å². The highest BCUT2D eigenvalue weighted by Crippen LogP contribution is 2.21. The number of urea groups is 1. The fourth-order valence-corrected chi connectivity index (χ4v) is 3.52. The van der Waals surface area contributed by atoms with Crippen LogP contribution in [-0.4, -0.2) is 73.3 Å². The fourth-order valence-electron chi connectivity index (χ4n) is 3.52. The summed E-state index contributed by atoms with van der Waals surface area (Å²) in [6, 6.07) is 1.69. The first-order valence-electron chi connectivity index (χ1n) is 13.8. The normalized spacial score (nSPS) is 12.0. The molecule has 0 aliphatic rings. The third-order valence-electron chi connectivity index (χ3n) is 5.55. The molecule has 0 unspecified atom stereocenters. The van der Waals surface area contributed by atoms with Crippen molar-refractivity contribution < 1.29 is 38.2 Å². The lowest BCUT2D eigenvalue weighted by Crippen LogP contribution is -2.55. The van der Waals surface area contributed by atoms with Gasteiger partial charge < -0.3 is 47.1 Å². The standard InChI is InChI=1S/C29H42N7O8/c1-8-14-43-27(41)32-16-22(37)34-21-15-19(12-11-18(21)4)33-24(38)20(10-9-13-31-26(30)40)35-25(39)23(17(2)3)36-28(42)44-29(5,6)7/h1,11-12,15,17,20,23H,4,9-10,13-14,16H2,2-3,5-7H3,(H,32,41)(H,33,38)(H,34,37)(H,35,39)(H,36,42)(H3,30,31,40)/t20-,23-/m0/s1. The molecule has 44 heavy (non-hydrogen) atoms. The van der Waals surface area contributed by atoms with Crippen LogP contribution in [0.25, 0.3) is 0 Å². The van der Waals surface area contributed by atoms with Crippen molar-refractivity contribution in [1.29, 1.82) is 0 Å². The van der Waals surface area contributed by atoms with Gasteiger partial charge in [0.1, 0.15) is 24.2 Å². The van der Waals surface area contributed by atoms with Gasteiger partial charge in [-0.1, -0.05) is 25.8 Å². The maximum absolute atomic E-state index is 13.3. The van der Waals surface area contributed by atoms with Crippen molar-refractivity contribution in [3.63, 3.8) is 0 Å². The predicted octanol–water partition coefficient (Wildman–Crippen LogP) is 1.59. The molecule has 0 heterocycles. The van der Waals surface area contributed by atoms with Crippen LogP contribution < -0.4 is 37.6 Å². The molecule has 0 saturated heterocycles. The van der Waals surface area contributed by atoms with Crippen LogP contribution in [0, 0.1) is 25.2 Å². The quantitative estimate of drug-likeness (QED) is 0.120. The number of hydrogen-bond donors (Lipinski definition) is 7. The van der Waals surface area contributed by atoms with Crippen LogP contribution in [0.5, 0.6) is 0 Å². The van der Waals surface area contributed by atoms with Crippen LogP contribution in [0.3, 0.4) is 0 Å². The number of rotatable bonds is 14. The van der Waals surface area contributed by atoms with Gasteiger partial charge in [-0.3, -0.25) is 14.4 Å². The Kier molecular flexibility index (Phi) is 15.0. The van der Waals surface area contributed by atoms with E-state index in [1.807, 2.05) is 0 Å². The highest BCUT2D eigenvalue weighted by Gasteiger charge is 2.30. The summed E-state index contributed by atoms with van der Waals surface area (Å²) in [6.07, 6.45) is 3.74. The molecule has 15 heteroatoms. The Morgan fingerprint density at radius 3 is 2.27 bits per heavy atom. The van der Waals surface area contributed by atoms with E-state index in [1.54, 1.807) is 46.8 Å². The number of benzene rings is 1. The molecule has 0 bridgehead atoms. The molecular weight excluding hydrogens is 574 g/mol. The molecule has 15 nitrogen and oxygen atoms in total. The first-order chi connectivity index (χ1) is 20.5. The maximum atomic E-state index is 13.3. The van der Waals surface area contributed by atoms with Crippen molar-refractivity contribution in [2.24, 2.45) is 11.7 Å². The van der Waals surface area contributed by atoms with Crippen molar-refractivity contribution in [2.75, 3.05) is 30.3 Å². The van der Waals surface area contributed by atoms with Gasteiger partial charge in [-0.05, 0) is 64.2 Å². The molecule has 1 radical (unpaired) electrons. The van der Waals surface area contributed by atoms with Gasteiger partial charge >= 0.3 is 18.2 Å². The summed E-state index contributed by atoms with van der Waals surface area (Å²) in [5, 5.41) is 15.1. The molecule has 0 aliphatic carbocycles. The number of carbonyl (C=O) groups excluding carboxylic acids is 6. The molecular formula is C29H42N7O8. The van der Waals surface area contributed by atoms with Crippen LogP contribution >= 0.6 is 0 Å².